The molecule has 164 valence electrons. The van der Waals surface area contributed by atoms with Crippen LogP contribution in [-0.2, 0) is 14.4 Å². The van der Waals surface area contributed by atoms with Crippen LogP contribution in [0.25, 0.3) is 6.08 Å². The first-order chi connectivity index (χ1) is 15.1. The number of anilines is 1. The molecule has 5 rings (SSSR count). The Balaban J connectivity index is 1.68. The molecule has 2 aromatic carbocycles. The zero-order valence-corrected chi connectivity index (χ0v) is 19.1. The molecule has 2 saturated heterocycles. The zero-order valence-electron chi connectivity index (χ0n) is 19.1. The van der Waals surface area contributed by atoms with Gasteiger partial charge in [0.2, 0.25) is 11.8 Å². The molecule has 0 aliphatic carbocycles. The summed E-state index contributed by atoms with van der Waals surface area (Å²) in [6.45, 7) is 9.54. The van der Waals surface area contributed by atoms with E-state index in [0.717, 1.165) is 22.3 Å². The largest absolute Gasteiger partial charge is 0.359 e. The zero-order chi connectivity index (χ0) is 22.9. The van der Waals surface area contributed by atoms with Crippen molar-refractivity contribution in [3.05, 3.63) is 70.9 Å². The highest BCUT2D eigenvalue weighted by Crippen LogP contribution is 2.54. The Hall–Kier alpha value is -3.21. The molecule has 0 spiro atoms. The lowest BCUT2D eigenvalue weighted by molar-refractivity contribution is -0.135. The Morgan fingerprint density at radius 2 is 1.62 bits per heavy atom. The number of aryl methyl sites for hydroxylation is 2. The average molecular weight is 429 g/mol. The third-order valence-corrected chi connectivity index (χ3v) is 7.06. The average Bonchev–Trinajstić information content (AvgIpc) is 3.20. The molecule has 3 heterocycles. The van der Waals surface area contributed by atoms with Gasteiger partial charge in [0.25, 0.3) is 0 Å². The molecule has 5 nitrogen and oxygen atoms in total. The molecule has 0 saturated carbocycles. The number of fused-ring (bicyclic) bond motifs is 5. The van der Waals surface area contributed by atoms with Crippen LogP contribution in [0.15, 0.2) is 48.7 Å². The summed E-state index contributed by atoms with van der Waals surface area (Å²) in [6.07, 6.45) is 3.88. The topological polar surface area (TPSA) is 57.7 Å². The van der Waals surface area contributed by atoms with Crippen molar-refractivity contribution in [2.75, 3.05) is 4.90 Å². The van der Waals surface area contributed by atoms with Gasteiger partial charge in [-0.15, -0.1) is 0 Å². The number of hydrogen-bond donors (Lipinski definition) is 0. The fourth-order valence-corrected chi connectivity index (χ4v) is 5.59. The number of amides is 2. The molecule has 0 bridgehead atoms. The van der Waals surface area contributed by atoms with Crippen molar-refractivity contribution in [3.63, 3.8) is 0 Å². The van der Waals surface area contributed by atoms with Crippen LogP contribution in [0.4, 0.5) is 5.69 Å². The molecule has 0 unspecified atom stereocenters. The molecule has 3 aliphatic rings. The van der Waals surface area contributed by atoms with E-state index >= 15 is 0 Å². The van der Waals surface area contributed by atoms with Gasteiger partial charge in [-0.3, -0.25) is 14.4 Å². The van der Waals surface area contributed by atoms with E-state index in [2.05, 4.69) is 0 Å². The highest BCUT2D eigenvalue weighted by Gasteiger charge is 2.65. The number of carbonyl (C=O) groups is 3. The standard InChI is InChI=1S/C27H28N2O3/c1-15-10-11-19(16(2)14-15)29-25(31)20-21(26(29)32)23(24(30)27(3,4)5)28-13-12-17-8-6-7-9-18(17)22(20)28/h6-14,20-23H,1-5H3/t20-,21+,22+,23+/m0/s1. The van der Waals surface area contributed by atoms with Gasteiger partial charge in [0.1, 0.15) is 6.04 Å². The van der Waals surface area contributed by atoms with Crippen molar-refractivity contribution >= 4 is 29.4 Å². The van der Waals surface area contributed by atoms with E-state index in [1.807, 2.05) is 94.3 Å². The van der Waals surface area contributed by atoms with Gasteiger partial charge >= 0.3 is 0 Å². The number of hydrogen-bond acceptors (Lipinski definition) is 4. The minimum Gasteiger partial charge on any atom is -0.359 e. The summed E-state index contributed by atoms with van der Waals surface area (Å²) in [5, 5.41) is 0. The van der Waals surface area contributed by atoms with Gasteiger partial charge in [-0.1, -0.05) is 62.7 Å². The molecule has 3 aliphatic heterocycles. The number of rotatable bonds is 2. The van der Waals surface area contributed by atoms with E-state index in [1.165, 1.54) is 4.90 Å². The Labute approximate surface area is 188 Å². The molecule has 2 amide bonds. The van der Waals surface area contributed by atoms with Crippen molar-refractivity contribution < 1.29 is 14.4 Å². The highest BCUT2D eigenvalue weighted by atomic mass is 16.2. The summed E-state index contributed by atoms with van der Waals surface area (Å²) < 4.78 is 0. The van der Waals surface area contributed by atoms with Crippen LogP contribution in [0.3, 0.4) is 0 Å². The monoisotopic (exact) mass is 428 g/mol. The van der Waals surface area contributed by atoms with Gasteiger partial charge in [-0.25, -0.2) is 4.90 Å². The van der Waals surface area contributed by atoms with E-state index in [-0.39, 0.29) is 23.6 Å². The predicted molar refractivity (Wildman–Crippen MR) is 124 cm³/mol. The molecular formula is C27H28N2O3. The normalized spacial score (nSPS) is 26.3. The van der Waals surface area contributed by atoms with Crippen LogP contribution in [-0.4, -0.2) is 28.5 Å². The third-order valence-electron chi connectivity index (χ3n) is 7.06. The molecule has 2 aromatic rings. The maximum Gasteiger partial charge on any atom is 0.240 e. The first-order valence-corrected chi connectivity index (χ1v) is 11.1. The van der Waals surface area contributed by atoms with Gasteiger partial charge in [0.05, 0.1) is 23.6 Å². The lowest BCUT2D eigenvalue weighted by atomic mass is 9.79. The number of benzene rings is 2. The Kier molecular flexibility index (Phi) is 4.45. The molecular weight excluding hydrogens is 400 g/mol. The summed E-state index contributed by atoms with van der Waals surface area (Å²) in [4.78, 5) is 44.6. The maximum atomic E-state index is 13.9. The van der Waals surface area contributed by atoms with E-state index in [4.69, 9.17) is 0 Å². The number of nitrogens with zero attached hydrogens (tertiary/aromatic N) is 2. The Bertz CT molecular complexity index is 1190. The fourth-order valence-electron chi connectivity index (χ4n) is 5.59. The number of imide groups is 1. The van der Waals surface area contributed by atoms with E-state index in [0.29, 0.717) is 5.69 Å². The second-order valence-corrected chi connectivity index (χ2v) is 10.2. The Morgan fingerprint density at radius 3 is 2.31 bits per heavy atom. The van der Waals surface area contributed by atoms with Crippen LogP contribution in [0.2, 0.25) is 0 Å². The van der Waals surface area contributed by atoms with Gasteiger partial charge in [0.15, 0.2) is 5.78 Å². The van der Waals surface area contributed by atoms with Gasteiger partial charge in [-0.05, 0) is 42.7 Å². The Morgan fingerprint density at radius 1 is 0.938 bits per heavy atom. The third kappa shape index (κ3) is 2.80. The fraction of sp³-hybridized carbons (Fsp3) is 0.370. The van der Waals surface area contributed by atoms with Crippen molar-refractivity contribution in [2.24, 2.45) is 17.3 Å². The lowest BCUT2D eigenvalue weighted by Gasteiger charge is -2.37. The summed E-state index contributed by atoms with van der Waals surface area (Å²) in [6, 6.07) is 12.7. The molecule has 0 radical (unpaired) electrons. The van der Waals surface area contributed by atoms with Crippen LogP contribution in [0, 0.1) is 31.1 Å². The smallest absolute Gasteiger partial charge is 0.240 e. The van der Waals surface area contributed by atoms with Crippen LogP contribution < -0.4 is 4.90 Å². The predicted octanol–water partition coefficient (Wildman–Crippen LogP) is 4.43. The second kappa shape index (κ2) is 6.89. The van der Waals surface area contributed by atoms with Gasteiger partial charge in [-0.2, -0.15) is 0 Å². The van der Waals surface area contributed by atoms with Crippen molar-refractivity contribution in [1.29, 1.82) is 0 Å². The first kappa shape index (κ1) is 20.7. The summed E-state index contributed by atoms with van der Waals surface area (Å²) in [7, 11) is 0. The van der Waals surface area contributed by atoms with E-state index in [9.17, 15) is 14.4 Å². The SMILES string of the molecule is Cc1ccc(N2C(=O)[C@@H]3[C@H](C2=O)[C@H]2c4ccccc4C=CN2[C@H]3C(=O)C(C)(C)C)c(C)c1. The van der Waals surface area contributed by atoms with Crippen molar-refractivity contribution in [3.8, 4) is 0 Å². The minimum atomic E-state index is -0.698. The number of Topliss-reactive ketones (excluding diaryl/α,β-unsaturated/α-hetero) is 1. The quantitative estimate of drug-likeness (QED) is 0.664. The molecule has 0 aromatic heterocycles. The van der Waals surface area contributed by atoms with E-state index < -0.39 is 23.3 Å². The van der Waals surface area contributed by atoms with Gasteiger partial charge in [0, 0.05) is 11.6 Å². The second-order valence-electron chi connectivity index (χ2n) is 10.2. The van der Waals surface area contributed by atoms with Crippen molar-refractivity contribution in [1.82, 2.24) is 4.90 Å². The van der Waals surface area contributed by atoms with Crippen LogP contribution >= 0.6 is 0 Å². The van der Waals surface area contributed by atoms with Crippen molar-refractivity contribution in [2.45, 2.75) is 46.7 Å². The van der Waals surface area contributed by atoms with Crippen LogP contribution in [0.1, 0.15) is 49.1 Å². The molecule has 5 heteroatoms. The summed E-state index contributed by atoms with van der Waals surface area (Å²) in [5.74, 6) is -1.78. The van der Waals surface area contributed by atoms with E-state index in [1.54, 1.807) is 0 Å². The number of ketones is 1. The maximum absolute atomic E-state index is 13.9. The summed E-state index contributed by atoms with van der Waals surface area (Å²) in [5.41, 5.74) is 3.97. The van der Waals surface area contributed by atoms with Crippen LogP contribution in [0.5, 0.6) is 0 Å². The highest BCUT2D eigenvalue weighted by molar-refractivity contribution is 6.24. The number of carbonyl (C=O) groups excluding carboxylic acids is 3. The first-order valence-electron chi connectivity index (χ1n) is 11.1. The molecule has 32 heavy (non-hydrogen) atoms. The molecule has 4 atom stereocenters. The molecule has 0 N–H and O–H groups in total. The lowest BCUT2D eigenvalue weighted by Crippen LogP contribution is -2.47. The minimum absolute atomic E-state index is 0.0114. The van der Waals surface area contributed by atoms with Gasteiger partial charge < -0.3 is 4.90 Å². The summed E-state index contributed by atoms with van der Waals surface area (Å²) >= 11 is 0. The molecule has 2 fully saturated rings.